The van der Waals surface area contributed by atoms with E-state index < -0.39 is 5.91 Å². The van der Waals surface area contributed by atoms with Gasteiger partial charge < -0.3 is 14.2 Å². The van der Waals surface area contributed by atoms with E-state index in [0.717, 1.165) is 35.6 Å². The molecule has 0 spiro atoms. The van der Waals surface area contributed by atoms with Gasteiger partial charge in [-0.2, -0.15) is 15.1 Å². The number of aryl methyl sites for hydroxylation is 1. The van der Waals surface area contributed by atoms with Gasteiger partial charge in [0.1, 0.15) is 24.0 Å². The number of nitrogens with one attached hydrogen (secondary N) is 1. The number of rotatable bonds is 11. The third-order valence-corrected chi connectivity index (χ3v) is 6.48. The van der Waals surface area contributed by atoms with Crippen molar-refractivity contribution >= 4 is 39.8 Å². The topological polar surface area (TPSA) is 96.6 Å². The SMILES string of the molecule is CCCCC1=NN2C(=N)/C(=C\c3ccc(OCCOc4ccccc4C)c(OCC)c3)C(=O)N=C2S1. The highest BCUT2D eigenvalue weighted by molar-refractivity contribution is 8.26. The molecule has 0 radical (unpaired) electrons. The summed E-state index contributed by atoms with van der Waals surface area (Å²) >= 11 is 1.36. The Morgan fingerprint density at radius 3 is 2.56 bits per heavy atom. The van der Waals surface area contributed by atoms with Crippen LogP contribution in [-0.2, 0) is 4.79 Å². The maximum absolute atomic E-state index is 12.7. The Morgan fingerprint density at radius 2 is 1.81 bits per heavy atom. The number of carbonyl (C=O) groups is 1. The van der Waals surface area contributed by atoms with Crippen molar-refractivity contribution in [3.8, 4) is 17.2 Å². The molecule has 9 heteroatoms. The smallest absolute Gasteiger partial charge is 0.283 e. The molecule has 2 heterocycles. The van der Waals surface area contributed by atoms with Crippen LogP contribution >= 0.6 is 11.8 Å². The molecule has 2 aromatic rings. The molecule has 0 bridgehead atoms. The van der Waals surface area contributed by atoms with Gasteiger partial charge in [-0.05, 0) is 73.9 Å². The highest BCUT2D eigenvalue weighted by Gasteiger charge is 2.35. The minimum atomic E-state index is -0.447. The Morgan fingerprint density at radius 1 is 1.03 bits per heavy atom. The van der Waals surface area contributed by atoms with Crippen LogP contribution in [0.15, 0.2) is 58.1 Å². The van der Waals surface area contributed by atoms with Gasteiger partial charge in [-0.1, -0.05) is 37.6 Å². The molecule has 0 aliphatic carbocycles. The van der Waals surface area contributed by atoms with E-state index in [-0.39, 0.29) is 11.4 Å². The van der Waals surface area contributed by atoms with Gasteiger partial charge in [0.25, 0.3) is 5.91 Å². The molecule has 0 saturated carbocycles. The molecule has 188 valence electrons. The number of unbranched alkanes of at least 4 members (excludes halogenated alkanes) is 1. The zero-order chi connectivity index (χ0) is 25.5. The average Bonchev–Trinajstić information content (AvgIpc) is 3.28. The molecule has 1 amide bonds. The highest BCUT2D eigenvalue weighted by Crippen LogP contribution is 2.32. The summed E-state index contributed by atoms with van der Waals surface area (Å²) in [5.41, 5.74) is 1.96. The fourth-order valence-electron chi connectivity index (χ4n) is 3.65. The van der Waals surface area contributed by atoms with E-state index in [9.17, 15) is 4.79 Å². The van der Waals surface area contributed by atoms with Crippen LogP contribution < -0.4 is 14.2 Å². The lowest BCUT2D eigenvalue weighted by Crippen LogP contribution is -2.35. The molecule has 36 heavy (non-hydrogen) atoms. The van der Waals surface area contributed by atoms with Crippen molar-refractivity contribution in [2.75, 3.05) is 19.8 Å². The molecule has 0 saturated heterocycles. The number of amidine groups is 2. The molecule has 2 aliphatic heterocycles. The van der Waals surface area contributed by atoms with Crippen LogP contribution in [0.1, 0.15) is 44.2 Å². The van der Waals surface area contributed by atoms with Crippen molar-refractivity contribution in [1.82, 2.24) is 5.01 Å². The summed E-state index contributed by atoms with van der Waals surface area (Å²) in [4.78, 5) is 16.9. The normalized spacial score (nSPS) is 16.1. The summed E-state index contributed by atoms with van der Waals surface area (Å²) in [6.07, 6.45) is 4.51. The van der Waals surface area contributed by atoms with Gasteiger partial charge in [0.15, 0.2) is 17.3 Å². The van der Waals surface area contributed by atoms with E-state index in [4.69, 9.17) is 19.6 Å². The molecule has 0 atom stereocenters. The molecular weight excluding hydrogens is 476 g/mol. The Bertz CT molecular complexity index is 1240. The van der Waals surface area contributed by atoms with E-state index in [1.165, 1.54) is 16.8 Å². The number of aliphatic imine (C=N–C) groups is 1. The van der Waals surface area contributed by atoms with E-state index in [0.29, 0.717) is 42.1 Å². The number of thioether (sulfide) groups is 1. The second-order valence-electron chi connectivity index (χ2n) is 8.22. The molecular formula is C27H30N4O4S. The van der Waals surface area contributed by atoms with E-state index in [1.807, 2.05) is 44.2 Å². The van der Waals surface area contributed by atoms with Crippen molar-refractivity contribution in [3.63, 3.8) is 0 Å². The molecule has 0 fully saturated rings. The Hall–Kier alpha value is -3.59. The number of carbonyl (C=O) groups excluding carboxylic acids is 1. The van der Waals surface area contributed by atoms with E-state index in [1.54, 1.807) is 18.2 Å². The van der Waals surface area contributed by atoms with Gasteiger partial charge in [0, 0.05) is 0 Å². The van der Waals surface area contributed by atoms with Crippen LogP contribution in [0, 0.1) is 12.3 Å². The number of hydrogen-bond donors (Lipinski definition) is 1. The standard InChI is InChI=1S/C27H30N4O4S/c1-4-6-11-24-30-31-25(28)20(26(32)29-27(31)36-24)16-19-12-13-22(23(17-19)33-5-2)35-15-14-34-21-10-8-7-9-18(21)3/h7-10,12-13,16-17,28H,4-6,11,14-15H2,1-3H3/b20-16+,28-25?. The summed E-state index contributed by atoms with van der Waals surface area (Å²) in [7, 11) is 0. The minimum absolute atomic E-state index is 0.0237. The summed E-state index contributed by atoms with van der Waals surface area (Å²) < 4.78 is 17.5. The second kappa shape index (κ2) is 11.9. The monoisotopic (exact) mass is 506 g/mol. The molecule has 2 aliphatic rings. The van der Waals surface area contributed by atoms with E-state index in [2.05, 4.69) is 17.0 Å². The average molecular weight is 507 g/mol. The van der Waals surface area contributed by atoms with Crippen LogP contribution in [-0.4, -0.2) is 46.8 Å². The Balaban J connectivity index is 1.46. The Labute approximate surface area is 215 Å². The third-order valence-electron chi connectivity index (χ3n) is 5.51. The van der Waals surface area contributed by atoms with Crippen molar-refractivity contribution in [1.29, 1.82) is 5.41 Å². The number of benzene rings is 2. The van der Waals surface area contributed by atoms with Gasteiger partial charge in [0.05, 0.1) is 12.2 Å². The molecule has 8 nitrogen and oxygen atoms in total. The van der Waals surface area contributed by atoms with Crippen molar-refractivity contribution in [3.05, 3.63) is 59.2 Å². The largest absolute Gasteiger partial charge is 0.490 e. The van der Waals surface area contributed by atoms with Crippen molar-refractivity contribution < 1.29 is 19.0 Å². The first kappa shape index (κ1) is 25.5. The number of ether oxygens (including phenoxy) is 3. The maximum atomic E-state index is 12.7. The van der Waals surface area contributed by atoms with Gasteiger partial charge in [-0.3, -0.25) is 10.2 Å². The highest BCUT2D eigenvalue weighted by atomic mass is 32.2. The van der Waals surface area contributed by atoms with Crippen LogP contribution in [0.2, 0.25) is 0 Å². The number of nitrogens with zero attached hydrogens (tertiary/aromatic N) is 3. The number of hydrazone groups is 1. The first-order valence-electron chi connectivity index (χ1n) is 12.1. The molecule has 0 unspecified atom stereocenters. The summed E-state index contributed by atoms with van der Waals surface area (Å²) in [6, 6.07) is 13.2. The number of hydrogen-bond acceptors (Lipinski definition) is 7. The first-order chi connectivity index (χ1) is 17.5. The lowest BCUT2D eigenvalue weighted by Gasteiger charge is -2.20. The minimum Gasteiger partial charge on any atom is -0.490 e. The quantitative estimate of drug-likeness (QED) is 0.312. The lowest BCUT2D eigenvalue weighted by molar-refractivity contribution is -0.114. The zero-order valence-corrected chi connectivity index (χ0v) is 21.6. The fraction of sp³-hybridized carbons (Fsp3) is 0.333. The predicted molar refractivity (Wildman–Crippen MR) is 144 cm³/mol. The zero-order valence-electron chi connectivity index (χ0n) is 20.7. The summed E-state index contributed by atoms with van der Waals surface area (Å²) in [6.45, 7) is 7.21. The number of fused-ring (bicyclic) bond motifs is 1. The van der Waals surface area contributed by atoms with Crippen molar-refractivity contribution in [2.24, 2.45) is 10.1 Å². The van der Waals surface area contributed by atoms with Crippen molar-refractivity contribution in [2.45, 2.75) is 40.0 Å². The molecule has 2 aromatic carbocycles. The van der Waals surface area contributed by atoms with Crippen LogP contribution in [0.3, 0.4) is 0 Å². The van der Waals surface area contributed by atoms with Crippen LogP contribution in [0.4, 0.5) is 0 Å². The first-order valence-corrected chi connectivity index (χ1v) is 12.9. The van der Waals surface area contributed by atoms with Gasteiger partial charge >= 0.3 is 0 Å². The maximum Gasteiger partial charge on any atom is 0.283 e. The molecule has 1 N–H and O–H groups in total. The third kappa shape index (κ3) is 5.96. The number of amides is 1. The van der Waals surface area contributed by atoms with Gasteiger partial charge in [-0.15, -0.1) is 0 Å². The van der Waals surface area contributed by atoms with Crippen LogP contribution in [0.5, 0.6) is 17.2 Å². The predicted octanol–water partition coefficient (Wildman–Crippen LogP) is 5.66. The second-order valence-corrected chi connectivity index (χ2v) is 9.26. The molecule has 4 rings (SSSR count). The fourth-order valence-corrected chi connectivity index (χ4v) is 4.58. The molecule has 0 aromatic heterocycles. The lowest BCUT2D eigenvalue weighted by atomic mass is 10.1. The van der Waals surface area contributed by atoms with E-state index >= 15 is 0 Å². The van der Waals surface area contributed by atoms with Gasteiger partial charge in [0.2, 0.25) is 5.17 Å². The number of para-hydroxylation sites is 1. The van der Waals surface area contributed by atoms with Gasteiger partial charge in [-0.25, -0.2) is 0 Å². The summed E-state index contributed by atoms with van der Waals surface area (Å²) in [5.74, 6) is 1.54. The van der Waals surface area contributed by atoms with Crippen LogP contribution in [0.25, 0.3) is 6.08 Å². The summed E-state index contributed by atoms with van der Waals surface area (Å²) in [5, 5.41) is 15.8. The Kier molecular flexibility index (Phi) is 8.43.